The third-order valence-electron chi connectivity index (χ3n) is 5.62. The van der Waals surface area contributed by atoms with Crippen LogP contribution in [0.15, 0.2) is 66.9 Å². The van der Waals surface area contributed by atoms with Gasteiger partial charge in [0.25, 0.3) is 5.91 Å². The zero-order valence-corrected chi connectivity index (χ0v) is 19.5. The number of carbonyl (C=O) groups is 2. The van der Waals surface area contributed by atoms with Crippen molar-refractivity contribution in [3.8, 4) is 5.75 Å². The van der Waals surface area contributed by atoms with Gasteiger partial charge in [-0.05, 0) is 67.6 Å². The fourth-order valence-corrected chi connectivity index (χ4v) is 3.83. The largest absolute Gasteiger partial charge is 0.494 e. The average molecular weight is 478 g/mol. The van der Waals surface area contributed by atoms with E-state index in [2.05, 4.69) is 15.6 Å². The van der Waals surface area contributed by atoms with Gasteiger partial charge in [-0.15, -0.1) is 0 Å². The highest BCUT2D eigenvalue weighted by molar-refractivity contribution is 5.99. The van der Waals surface area contributed by atoms with Crippen LogP contribution < -0.4 is 15.4 Å². The van der Waals surface area contributed by atoms with Crippen molar-refractivity contribution in [3.05, 3.63) is 78.2 Å². The summed E-state index contributed by atoms with van der Waals surface area (Å²) in [4.78, 5) is 33.7. The molecule has 2 aromatic carbocycles. The Morgan fingerprint density at radius 2 is 1.66 bits per heavy atom. The number of pyridine rings is 1. The van der Waals surface area contributed by atoms with Crippen LogP contribution in [0.4, 0.5) is 21.6 Å². The fourth-order valence-electron chi connectivity index (χ4n) is 3.83. The molecule has 4 rings (SSSR count). The number of halogens is 1. The lowest BCUT2D eigenvalue weighted by molar-refractivity contribution is -0.117. The number of amides is 2. The van der Waals surface area contributed by atoms with Crippen molar-refractivity contribution in [1.82, 2.24) is 14.8 Å². The van der Waals surface area contributed by atoms with Crippen LogP contribution in [-0.2, 0) is 4.79 Å². The standard InChI is InChI=1S/C26H28FN5O3/c1-2-35-22-11-9-21(10-12-22)30-25-23(4-3-13-28-25)26(34)32-16-14-31(15-17-32)18-24(33)29-20-7-5-19(27)6-8-20/h3-13H,2,14-18H2,1H3,(H,28,30)(H,29,33). The Hall–Kier alpha value is -3.98. The second kappa shape index (κ2) is 11.4. The van der Waals surface area contributed by atoms with Crippen molar-refractivity contribution >= 4 is 29.0 Å². The van der Waals surface area contributed by atoms with E-state index in [9.17, 15) is 14.0 Å². The molecule has 0 atom stereocenters. The Balaban J connectivity index is 1.32. The summed E-state index contributed by atoms with van der Waals surface area (Å²) in [7, 11) is 0. The predicted molar refractivity (Wildman–Crippen MR) is 133 cm³/mol. The van der Waals surface area contributed by atoms with Gasteiger partial charge in [-0.2, -0.15) is 0 Å². The van der Waals surface area contributed by atoms with Gasteiger partial charge < -0.3 is 20.3 Å². The molecule has 8 nitrogen and oxygen atoms in total. The molecule has 35 heavy (non-hydrogen) atoms. The van der Waals surface area contributed by atoms with E-state index in [1.165, 1.54) is 24.3 Å². The number of nitrogens with one attached hydrogen (secondary N) is 2. The average Bonchev–Trinajstić information content (AvgIpc) is 2.87. The van der Waals surface area contributed by atoms with Crippen LogP contribution in [0.2, 0.25) is 0 Å². The number of anilines is 3. The minimum Gasteiger partial charge on any atom is -0.494 e. The lowest BCUT2D eigenvalue weighted by Crippen LogP contribution is -2.50. The number of benzene rings is 2. The normalized spacial score (nSPS) is 13.8. The highest BCUT2D eigenvalue weighted by Gasteiger charge is 2.25. The van der Waals surface area contributed by atoms with E-state index in [4.69, 9.17) is 4.74 Å². The van der Waals surface area contributed by atoms with Gasteiger partial charge in [0.2, 0.25) is 5.91 Å². The molecule has 1 saturated heterocycles. The molecule has 0 saturated carbocycles. The van der Waals surface area contributed by atoms with E-state index in [1.54, 1.807) is 23.2 Å². The van der Waals surface area contributed by atoms with E-state index in [-0.39, 0.29) is 24.2 Å². The van der Waals surface area contributed by atoms with Crippen LogP contribution in [0.5, 0.6) is 5.75 Å². The van der Waals surface area contributed by atoms with Crippen molar-refractivity contribution in [2.24, 2.45) is 0 Å². The number of hydrogen-bond acceptors (Lipinski definition) is 6. The van der Waals surface area contributed by atoms with Gasteiger partial charge in [-0.3, -0.25) is 14.5 Å². The molecular weight excluding hydrogens is 449 g/mol. The van der Waals surface area contributed by atoms with Crippen LogP contribution in [0.25, 0.3) is 0 Å². The van der Waals surface area contributed by atoms with Crippen LogP contribution in [-0.4, -0.2) is 65.9 Å². The quantitative estimate of drug-likeness (QED) is 0.514. The lowest BCUT2D eigenvalue weighted by atomic mass is 10.2. The number of rotatable bonds is 8. The molecule has 2 heterocycles. The zero-order chi connectivity index (χ0) is 24.6. The molecule has 9 heteroatoms. The minimum absolute atomic E-state index is 0.109. The van der Waals surface area contributed by atoms with E-state index in [0.717, 1.165) is 11.4 Å². The maximum Gasteiger partial charge on any atom is 0.257 e. The number of hydrogen-bond donors (Lipinski definition) is 2. The molecule has 0 radical (unpaired) electrons. The highest BCUT2D eigenvalue weighted by atomic mass is 19.1. The Labute approximate surface area is 203 Å². The molecule has 0 bridgehead atoms. The Kier molecular flexibility index (Phi) is 7.89. The van der Waals surface area contributed by atoms with Crippen LogP contribution in [0.3, 0.4) is 0 Å². The Bertz CT molecular complexity index is 1150. The Morgan fingerprint density at radius 3 is 2.34 bits per heavy atom. The summed E-state index contributed by atoms with van der Waals surface area (Å²) in [6.45, 7) is 4.88. The lowest BCUT2D eigenvalue weighted by Gasteiger charge is -2.34. The van der Waals surface area contributed by atoms with Gasteiger partial charge in [0.15, 0.2) is 0 Å². The highest BCUT2D eigenvalue weighted by Crippen LogP contribution is 2.23. The summed E-state index contributed by atoms with van der Waals surface area (Å²) in [5.74, 6) is 0.630. The third kappa shape index (κ3) is 6.54. The fraction of sp³-hybridized carbons (Fsp3) is 0.269. The topological polar surface area (TPSA) is 86.8 Å². The molecule has 182 valence electrons. The summed E-state index contributed by atoms with van der Waals surface area (Å²) >= 11 is 0. The third-order valence-corrected chi connectivity index (χ3v) is 5.62. The molecule has 2 N–H and O–H groups in total. The number of nitrogens with zero attached hydrogens (tertiary/aromatic N) is 3. The molecular formula is C26H28FN5O3. The van der Waals surface area contributed by atoms with E-state index in [1.807, 2.05) is 36.1 Å². The second-order valence-electron chi connectivity index (χ2n) is 8.11. The smallest absolute Gasteiger partial charge is 0.257 e. The molecule has 0 unspecified atom stereocenters. The number of carbonyl (C=O) groups excluding carboxylic acids is 2. The van der Waals surface area contributed by atoms with Crippen molar-refractivity contribution in [2.75, 3.05) is 50.0 Å². The summed E-state index contributed by atoms with van der Waals surface area (Å²) in [6.07, 6.45) is 1.64. The molecule has 1 aromatic heterocycles. The number of ether oxygens (including phenoxy) is 1. The molecule has 1 aliphatic heterocycles. The number of piperazine rings is 1. The Morgan fingerprint density at radius 1 is 0.971 bits per heavy atom. The van der Waals surface area contributed by atoms with Gasteiger partial charge in [0, 0.05) is 43.8 Å². The maximum atomic E-state index is 13.2. The zero-order valence-electron chi connectivity index (χ0n) is 19.5. The summed E-state index contributed by atoms with van der Waals surface area (Å²) in [6, 6.07) is 16.6. The summed E-state index contributed by atoms with van der Waals surface area (Å²) < 4.78 is 18.5. The molecule has 2 amide bonds. The first-order valence-corrected chi connectivity index (χ1v) is 11.5. The monoisotopic (exact) mass is 477 g/mol. The van der Waals surface area contributed by atoms with E-state index >= 15 is 0 Å². The summed E-state index contributed by atoms with van der Waals surface area (Å²) in [5, 5.41) is 5.99. The van der Waals surface area contributed by atoms with Crippen molar-refractivity contribution in [3.63, 3.8) is 0 Å². The van der Waals surface area contributed by atoms with E-state index < -0.39 is 0 Å². The second-order valence-corrected chi connectivity index (χ2v) is 8.11. The minimum atomic E-state index is -0.352. The van der Waals surface area contributed by atoms with Gasteiger partial charge in [-0.25, -0.2) is 9.37 Å². The van der Waals surface area contributed by atoms with Crippen molar-refractivity contribution in [2.45, 2.75) is 6.92 Å². The van der Waals surface area contributed by atoms with Crippen LogP contribution in [0.1, 0.15) is 17.3 Å². The van der Waals surface area contributed by atoms with Gasteiger partial charge in [-0.1, -0.05) is 0 Å². The molecule has 0 spiro atoms. The van der Waals surface area contributed by atoms with Crippen LogP contribution >= 0.6 is 0 Å². The first-order valence-electron chi connectivity index (χ1n) is 11.5. The summed E-state index contributed by atoms with van der Waals surface area (Å²) in [5.41, 5.74) is 1.84. The molecule has 3 aromatic rings. The maximum absolute atomic E-state index is 13.2. The van der Waals surface area contributed by atoms with Crippen LogP contribution in [0, 0.1) is 5.82 Å². The molecule has 0 aliphatic carbocycles. The van der Waals surface area contributed by atoms with E-state index in [0.29, 0.717) is 49.9 Å². The van der Waals surface area contributed by atoms with Gasteiger partial charge >= 0.3 is 0 Å². The predicted octanol–water partition coefficient (Wildman–Crippen LogP) is 3.76. The first-order chi connectivity index (χ1) is 17.0. The van der Waals surface area contributed by atoms with Crippen molar-refractivity contribution < 1.29 is 18.7 Å². The van der Waals surface area contributed by atoms with Gasteiger partial charge in [0.1, 0.15) is 17.4 Å². The number of aromatic nitrogens is 1. The molecule has 1 aliphatic rings. The first kappa shape index (κ1) is 24.2. The molecule has 1 fully saturated rings. The van der Waals surface area contributed by atoms with Gasteiger partial charge in [0.05, 0.1) is 18.7 Å². The SMILES string of the molecule is CCOc1ccc(Nc2ncccc2C(=O)N2CCN(CC(=O)Nc3ccc(F)cc3)CC2)cc1. The van der Waals surface area contributed by atoms with Crippen molar-refractivity contribution in [1.29, 1.82) is 0 Å².